The van der Waals surface area contributed by atoms with Crippen LogP contribution in [0.15, 0.2) is 158 Å². The molecule has 0 saturated heterocycles. The third-order valence-corrected chi connectivity index (χ3v) is 13.4. The highest BCUT2D eigenvalue weighted by molar-refractivity contribution is 5.98. The van der Waals surface area contributed by atoms with Crippen molar-refractivity contribution in [3.8, 4) is 78.6 Å². The van der Waals surface area contributed by atoms with Crippen LogP contribution in [0.5, 0.6) is 5.75 Å². The smallest absolute Gasteiger partial charge is 0.149 e. The molecular weight excluding hydrogens is 815 g/mol. The van der Waals surface area contributed by atoms with Crippen molar-refractivity contribution >= 4 is 11.0 Å². The van der Waals surface area contributed by atoms with E-state index in [0.29, 0.717) is 11.4 Å². The van der Waals surface area contributed by atoms with Gasteiger partial charge in [0.05, 0.1) is 28.0 Å². The van der Waals surface area contributed by atoms with Gasteiger partial charge in [0.1, 0.15) is 11.6 Å². The van der Waals surface area contributed by atoms with Gasteiger partial charge in [-0.1, -0.05) is 165 Å². The maximum absolute atomic E-state index is 12.0. The molecule has 4 heteroatoms. The van der Waals surface area contributed by atoms with Gasteiger partial charge in [-0.05, 0) is 152 Å². The molecule has 0 fully saturated rings. The quantitative estimate of drug-likeness (QED) is 0.174. The molecule has 7 aromatic carbocycles. The van der Waals surface area contributed by atoms with Gasteiger partial charge in [-0.25, -0.2) is 4.98 Å². The van der Waals surface area contributed by atoms with Crippen LogP contribution in [-0.2, 0) is 16.2 Å². The highest BCUT2D eigenvalue weighted by Crippen LogP contribution is 2.44. The molecule has 9 aromatic rings. The highest BCUT2D eigenvalue weighted by Gasteiger charge is 2.26. The Balaban J connectivity index is 1.28. The molecular formula is C63H63N3O. The molecule has 336 valence electrons. The minimum atomic E-state index is -0.147. The van der Waals surface area contributed by atoms with Gasteiger partial charge in [0, 0.05) is 22.9 Å². The van der Waals surface area contributed by atoms with Crippen LogP contribution in [0.1, 0.15) is 95.7 Å². The molecule has 0 aliphatic carbocycles. The highest BCUT2D eigenvalue weighted by atomic mass is 16.3. The Morgan fingerprint density at radius 3 is 1.69 bits per heavy atom. The molecule has 2 heterocycles. The number of aromatic nitrogens is 3. The fourth-order valence-electron chi connectivity index (χ4n) is 9.37. The number of fused-ring (bicyclic) bond motifs is 1. The van der Waals surface area contributed by atoms with Gasteiger partial charge in [-0.3, -0.25) is 9.55 Å². The molecule has 2 aromatic heterocycles. The summed E-state index contributed by atoms with van der Waals surface area (Å²) in [5.74, 6) is 0.915. The van der Waals surface area contributed by atoms with Crippen LogP contribution in [0.3, 0.4) is 0 Å². The zero-order valence-electron chi connectivity index (χ0n) is 41.3. The molecule has 9 rings (SSSR count). The molecule has 0 aliphatic heterocycles. The standard InChI is InChI=1S/C63H63N3O/c1-39-31-41(3)59(67)54(32-39)60-65-58-51(46-34-47(36-50(35-46)63(10,11)12)55-37-45(29-30-64-55)42-21-25-48(26-22-42)61(4,5)6)19-16-20-56(58)66(60)57-33-40(2)52(38-53(57)43-17-14-13-15-18-43)44-23-27-49(28-24-44)62(7,8)9/h13-38,67H,1-12H3. The summed E-state index contributed by atoms with van der Waals surface area (Å²) >= 11 is 0. The van der Waals surface area contributed by atoms with Crippen molar-refractivity contribution in [1.29, 1.82) is 0 Å². The van der Waals surface area contributed by atoms with E-state index in [0.717, 1.165) is 78.0 Å². The van der Waals surface area contributed by atoms with Crippen molar-refractivity contribution in [2.24, 2.45) is 0 Å². The van der Waals surface area contributed by atoms with E-state index < -0.39 is 0 Å². The van der Waals surface area contributed by atoms with Gasteiger partial charge in [0.25, 0.3) is 0 Å². The molecule has 4 nitrogen and oxygen atoms in total. The van der Waals surface area contributed by atoms with E-state index in [1.807, 2.05) is 19.2 Å². The second-order valence-electron chi connectivity index (χ2n) is 21.6. The molecule has 0 saturated carbocycles. The predicted octanol–water partition coefficient (Wildman–Crippen LogP) is 16.9. The molecule has 0 spiro atoms. The number of phenols is 1. The van der Waals surface area contributed by atoms with Crippen LogP contribution in [0.4, 0.5) is 0 Å². The number of hydrogen-bond acceptors (Lipinski definition) is 3. The zero-order valence-corrected chi connectivity index (χ0v) is 41.3. The molecule has 0 unspecified atom stereocenters. The first-order chi connectivity index (χ1) is 31.7. The van der Waals surface area contributed by atoms with Gasteiger partial charge in [-0.2, -0.15) is 0 Å². The lowest BCUT2D eigenvalue weighted by Gasteiger charge is -2.22. The number of phenolic OH excluding ortho intramolecular Hbond substituents is 1. The maximum atomic E-state index is 12.0. The molecule has 1 N–H and O–H groups in total. The van der Waals surface area contributed by atoms with Crippen molar-refractivity contribution in [3.05, 3.63) is 191 Å². The SMILES string of the molecule is Cc1cc(C)c(O)c(-c2nc3c(-c4cc(-c5cc(-c6ccc(C(C)(C)C)cc6)ccn5)cc(C(C)(C)C)c4)cccc3n2-c2cc(C)c(-c3ccc(C(C)(C)C)cc3)cc2-c2ccccc2)c1. The van der Waals surface area contributed by atoms with Crippen molar-refractivity contribution in [3.63, 3.8) is 0 Å². The lowest BCUT2D eigenvalue weighted by Crippen LogP contribution is -2.11. The molecule has 0 radical (unpaired) electrons. The number of imidazole rings is 1. The lowest BCUT2D eigenvalue weighted by atomic mass is 9.83. The van der Waals surface area contributed by atoms with Crippen LogP contribution >= 0.6 is 0 Å². The molecule has 0 aliphatic rings. The average molecular weight is 878 g/mol. The first-order valence-electron chi connectivity index (χ1n) is 23.6. The number of benzene rings is 7. The Hall–Kier alpha value is -7.04. The first-order valence-corrected chi connectivity index (χ1v) is 23.6. The van der Waals surface area contributed by atoms with Crippen molar-refractivity contribution in [2.75, 3.05) is 0 Å². The summed E-state index contributed by atoms with van der Waals surface area (Å²) in [6, 6.07) is 55.0. The number of pyridine rings is 1. The van der Waals surface area contributed by atoms with Gasteiger partial charge in [0.15, 0.2) is 0 Å². The van der Waals surface area contributed by atoms with Crippen LogP contribution in [0, 0.1) is 20.8 Å². The van der Waals surface area contributed by atoms with E-state index in [1.165, 1.54) is 27.8 Å². The van der Waals surface area contributed by atoms with E-state index in [4.69, 9.17) is 9.97 Å². The Kier molecular flexibility index (Phi) is 11.4. The Morgan fingerprint density at radius 2 is 1.04 bits per heavy atom. The normalized spacial score (nSPS) is 12.2. The summed E-state index contributed by atoms with van der Waals surface area (Å²) in [6.07, 6.45) is 1.93. The Labute approximate surface area is 398 Å². The van der Waals surface area contributed by atoms with Gasteiger partial charge < -0.3 is 5.11 Å². The number of aromatic hydroxyl groups is 1. The third-order valence-electron chi connectivity index (χ3n) is 13.4. The summed E-state index contributed by atoms with van der Waals surface area (Å²) < 4.78 is 2.28. The summed E-state index contributed by atoms with van der Waals surface area (Å²) in [4.78, 5) is 10.6. The van der Waals surface area contributed by atoms with Crippen molar-refractivity contribution in [2.45, 2.75) is 99.3 Å². The van der Waals surface area contributed by atoms with Crippen molar-refractivity contribution in [1.82, 2.24) is 14.5 Å². The minimum absolute atomic E-state index is 0.0566. The van der Waals surface area contributed by atoms with Crippen LogP contribution < -0.4 is 0 Å². The number of para-hydroxylation sites is 1. The largest absolute Gasteiger partial charge is 0.507 e. The number of hydrogen-bond donors (Lipinski definition) is 1. The van der Waals surface area contributed by atoms with Crippen LogP contribution in [-0.4, -0.2) is 19.6 Å². The van der Waals surface area contributed by atoms with E-state index in [1.54, 1.807) is 0 Å². The fourth-order valence-corrected chi connectivity index (χ4v) is 9.37. The zero-order chi connectivity index (χ0) is 47.6. The number of aryl methyl sites for hydroxylation is 3. The molecule has 0 amide bonds. The average Bonchev–Trinajstić information content (AvgIpc) is 3.69. The van der Waals surface area contributed by atoms with Crippen molar-refractivity contribution < 1.29 is 5.11 Å². The van der Waals surface area contributed by atoms with E-state index in [9.17, 15) is 5.11 Å². The minimum Gasteiger partial charge on any atom is -0.507 e. The summed E-state index contributed by atoms with van der Waals surface area (Å²) in [5.41, 5.74) is 21.2. The van der Waals surface area contributed by atoms with Gasteiger partial charge >= 0.3 is 0 Å². The second-order valence-corrected chi connectivity index (χ2v) is 21.6. The lowest BCUT2D eigenvalue weighted by molar-refractivity contribution is 0.472. The van der Waals surface area contributed by atoms with E-state index in [-0.39, 0.29) is 22.0 Å². The fraction of sp³-hybridized carbons (Fsp3) is 0.238. The van der Waals surface area contributed by atoms with Crippen LogP contribution in [0.2, 0.25) is 0 Å². The summed E-state index contributed by atoms with van der Waals surface area (Å²) in [7, 11) is 0. The van der Waals surface area contributed by atoms with Gasteiger partial charge in [-0.15, -0.1) is 0 Å². The summed E-state index contributed by atoms with van der Waals surface area (Å²) in [5, 5.41) is 12.0. The Bertz CT molecular complexity index is 3300. The Morgan fingerprint density at radius 1 is 0.433 bits per heavy atom. The first kappa shape index (κ1) is 45.1. The monoisotopic (exact) mass is 877 g/mol. The third kappa shape index (κ3) is 8.86. The maximum Gasteiger partial charge on any atom is 0.149 e. The van der Waals surface area contributed by atoms with Gasteiger partial charge in [0.2, 0.25) is 0 Å². The topological polar surface area (TPSA) is 50.9 Å². The number of rotatable bonds is 7. The van der Waals surface area contributed by atoms with E-state index in [2.05, 4.69) is 226 Å². The second kappa shape index (κ2) is 17.0. The molecule has 0 atom stereocenters. The van der Waals surface area contributed by atoms with E-state index >= 15 is 0 Å². The molecule has 0 bridgehead atoms. The molecule has 67 heavy (non-hydrogen) atoms. The van der Waals surface area contributed by atoms with Crippen LogP contribution in [0.25, 0.3) is 83.9 Å². The predicted molar refractivity (Wildman–Crippen MR) is 283 cm³/mol. The summed E-state index contributed by atoms with van der Waals surface area (Å²) in [6.45, 7) is 26.6. The number of nitrogens with zero attached hydrogens (tertiary/aromatic N) is 3.